The summed E-state index contributed by atoms with van der Waals surface area (Å²) in [5.74, 6) is 0.939. The second-order valence-electron chi connectivity index (χ2n) is 5.02. The molecule has 0 atom stereocenters. The van der Waals surface area contributed by atoms with E-state index in [-0.39, 0.29) is 0 Å². The lowest BCUT2D eigenvalue weighted by Gasteiger charge is -2.14. The predicted molar refractivity (Wildman–Crippen MR) is 92.1 cm³/mol. The zero-order valence-electron chi connectivity index (χ0n) is 12.5. The van der Waals surface area contributed by atoms with Gasteiger partial charge >= 0.3 is 0 Å². The molecule has 0 spiro atoms. The van der Waals surface area contributed by atoms with E-state index in [4.69, 9.17) is 10.5 Å². The summed E-state index contributed by atoms with van der Waals surface area (Å²) in [6.45, 7) is 5.36. The maximum absolute atomic E-state index is 6.02. The minimum absolute atomic E-state index is 0.514. The van der Waals surface area contributed by atoms with Crippen molar-refractivity contribution in [1.82, 2.24) is 4.98 Å². The smallest absolute Gasteiger partial charge is 0.131 e. The van der Waals surface area contributed by atoms with Crippen molar-refractivity contribution >= 4 is 27.3 Å². The van der Waals surface area contributed by atoms with Gasteiger partial charge in [0.05, 0.1) is 10.7 Å². The van der Waals surface area contributed by atoms with E-state index in [0.717, 1.165) is 46.3 Å². The Hall–Kier alpha value is -0.910. The fourth-order valence-corrected chi connectivity index (χ4v) is 3.74. The first-order valence-electron chi connectivity index (χ1n) is 7.19. The molecule has 2 rings (SSSR count). The molecule has 0 unspecified atom stereocenters. The van der Waals surface area contributed by atoms with Crippen molar-refractivity contribution in [3.8, 4) is 5.75 Å². The van der Waals surface area contributed by atoms with Gasteiger partial charge in [-0.1, -0.05) is 22.9 Å². The van der Waals surface area contributed by atoms with Crippen molar-refractivity contribution in [3.63, 3.8) is 0 Å². The van der Waals surface area contributed by atoms with Gasteiger partial charge in [-0.2, -0.15) is 0 Å². The second-order valence-corrected chi connectivity index (χ2v) is 6.88. The molecule has 2 aromatic rings. The van der Waals surface area contributed by atoms with Crippen LogP contribution in [0.2, 0.25) is 0 Å². The quantitative estimate of drug-likeness (QED) is 0.794. The third-order valence-electron chi connectivity index (χ3n) is 3.16. The van der Waals surface area contributed by atoms with Crippen molar-refractivity contribution in [2.45, 2.75) is 39.7 Å². The maximum Gasteiger partial charge on any atom is 0.131 e. The van der Waals surface area contributed by atoms with Gasteiger partial charge in [0.1, 0.15) is 12.4 Å². The number of aryl methyl sites for hydroxylation is 2. The Morgan fingerprint density at radius 1 is 1.33 bits per heavy atom. The van der Waals surface area contributed by atoms with Crippen molar-refractivity contribution in [3.05, 3.63) is 43.8 Å². The summed E-state index contributed by atoms with van der Waals surface area (Å²) >= 11 is 5.24. The van der Waals surface area contributed by atoms with Crippen LogP contribution in [0.15, 0.2) is 22.0 Å². The first-order valence-corrected chi connectivity index (χ1v) is 8.86. The number of benzene rings is 1. The number of nitrogens with two attached hydrogens (primary N) is 1. The molecular formula is C16H21BrN2OS. The summed E-state index contributed by atoms with van der Waals surface area (Å²) in [7, 11) is 0. The van der Waals surface area contributed by atoms with Crippen LogP contribution in [0, 0.1) is 6.92 Å². The highest BCUT2D eigenvalue weighted by Gasteiger charge is 2.10. The molecule has 0 aliphatic heterocycles. The number of ether oxygens (including phenoxy) is 1. The highest BCUT2D eigenvalue weighted by molar-refractivity contribution is 9.10. The van der Waals surface area contributed by atoms with E-state index < -0.39 is 0 Å². The monoisotopic (exact) mass is 368 g/mol. The van der Waals surface area contributed by atoms with Gasteiger partial charge in [0.25, 0.3) is 0 Å². The molecular weight excluding hydrogens is 348 g/mol. The van der Waals surface area contributed by atoms with Crippen molar-refractivity contribution in [2.24, 2.45) is 5.73 Å². The predicted octanol–water partition coefficient (Wildman–Crippen LogP) is 4.25. The molecule has 114 valence electrons. The Kier molecular flexibility index (Phi) is 6.21. The van der Waals surface area contributed by atoms with Crippen LogP contribution < -0.4 is 10.5 Å². The van der Waals surface area contributed by atoms with E-state index in [0.29, 0.717) is 13.2 Å². The Morgan fingerprint density at radius 3 is 2.86 bits per heavy atom. The first-order chi connectivity index (χ1) is 10.1. The van der Waals surface area contributed by atoms with Gasteiger partial charge in [-0.3, -0.25) is 0 Å². The molecule has 0 aliphatic carbocycles. The number of hydrogen-bond acceptors (Lipinski definition) is 4. The zero-order valence-corrected chi connectivity index (χ0v) is 14.9. The molecule has 21 heavy (non-hydrogen) atoms. The molecule has 1 aromatic carbocycles. The standard InChI is InChI=1S/C16H21BrN2OS/c1-3-4-15-19-14(10-21-15)9-20-16-11(2)7-13(17)8-12(16)5-6-18/h7-8,10H,3-6,9,18H2,1-2H3. The third-order valence-corrected chi connectivity index (χ3v) is 4.57. The van der Waals surface area contributed by atoms with Gasteiger partial charge in [0, 0.05) is 9.85 Å². The summed E-state index contributed by atoms with van der Waals surface area (Å²) in [6, 6.07) is 4.15. The van der Waals surface area contributed by atoms with E-state index in [1.54, 1.807) is 11.3 Å². The number of hydrogen-bond donors (Lipinski definition) is 1. The van der Waals surface area contributed by atoms with Crippen LogP contribution in [0.4, 0.5) is 0 Å². The zero-order chi connectivity index (χ0) is 15.2. The molecule has 3 nitrogen and oxygen atoms in total. The molecule has 1 heterocycles. The minimum Gasteiger partial charge on any atom is -0.487 e. The van der Waals surface area contributed by atoms with Crippen LogP contribution >= 0.6 is 27.3 Å². The Morgan fingerprint density at radius 2 is 2.14 bits per heavy atom. The SMILES string of the molecule is CCCc1nc(COc2c(C)cc(Br)cc2CCN)cs1. The van der Waals surface area contributed by atoms with Gasteiger partial charge in [0.15, 0.2) is 0 Å². The van der Waals surface area contributed by atoms with Crippen molar-refractivity contribution < 1.29 is 4.74 Å². The molecule has 0 bridgehead atoms. The summed E-state index contributed by atoms with van der Waals surface area (Å²) in [6.07, 6.45) is 2.98. The lowest BCUT2D eigenvalue weighted by molar-refractivity contribution is 0.296. The first kappa shape index (κ1) is 16.5. The fourth-order valence-electron chi connectivity index (χ4n) is 2.24. The molecule has 1 aromatic heterocycles. The Balaban J connectivity index is 2.11. The number of rotatable bonds is 7. The number of halogens is 1. The fraction of sp³-hybridized carbons (Fsp3) is 0.438. The van der Waals surface area contributed by atoms with Crippen molar-refractivity contribution in [2.75, 3.05) is 6.54 Å². The Labute approximate surface area is 138 Å². The highest BCUT2D eigenvalue weighted by Crippen LogP contribution is 2.29. The van der Waals surface area contributed by atoms with Crippen LogP contribution in [0.3, 0.4) is 0 Å². The van der Waals surface area contributed by atoms with Crippen LogP contribution in [-0.4, -0.2) is 11.5 Å². The maximum atomic E-state index is 6.02. The van der Waals surface area contributed by atoms with Crippen LogP contribution in [0.5, 0.6) is 5.75 Å². The van der Waals surface area contributed by atoms with Gasteiger partial charge in [0.2, 0.25) is 0 Å². The molecule has 0 saturated heterocycles. The van der Waals surface area contributed by atoms with Gasteiger partial charge in [-0.15, -0.1) is 11.3 Å². The molecule has 0 aliphatic rings. The normalized spacial score (nSPS) is 10.9. The van der Waals surface area contributed by atoms with E-state index in [1.807, 2.05) is 0 Å². The average Bonchev–Trinajstić information content (AvgIpc) is 2.86. The lowest BCUT2D eigenvalue weighted by Crippen LogP contribution is -2.07. The van der Waals surface area contributed by atoms with E-state index in [1.165, 1.54) is 5.01 Å². The van der Waals surface area contributed by atoms with E-state index in [2.05, 4.69) is 52.3 Å². The number of aromatic nitrogens is 1. The topological polar surface area (TPSA) is 48.1 Å². The van der Waals surface area contributed by atoms with E-state index in [9.17, 15) is 0 Å². The number of thiazole rings is 1. The van der Waals surface area contributed by atoms with Gasteiger partial charge < -0.3 is 10.5 Å². The summed E-state index contributed by atoms with van der Waals surface area (Å²) in [5, 5.41) is 3.27. The summed E-state index contributed by atoms with van der Waals surface area (Å²) in [4.78, 5) is 4.60. The summed E-state index contributed by atoms with van der Waals surface area (Å²) in [5.41, 5.74) is 8.96. The van der Waals surface area contributed by atoms with Gasteiger partial charge in [-0.05, 0) is 56.0 Å². The molecule has 0 fully saturated rings. The van der Waals surface area contributed by atoms with Crippen LogP contribution in [0.1, 0.15) is 35.2 Å². The van der Waals surface area contributed by atoms with Crippen molar-refractivity contribution in [1.29, 1.82) is 0 Å². The Bertz CT molecular complexity index is 598. The average molecular weight is 369 g/mol. The largest absolute Gasteiger partial charge is 0.487 e. The van der Waals surface area contributed by atoms with Crippen LogP contribution in [-0.2, 0) is 19.4 Å². The molecule has 5 heteroatoms. The van der Waals surface area contributed by atoms with Gasteiger partial charge in [-0.25, -0.2) is 4.98 Å². The molecule has 2 N–H and O–H groups in total. The van der Waals surface area contributed by atoms with E-state index >= 15 is 0 Å². The highest BCUT2D eigenvalue weighted by atomic mass is 79.9. The molecule has 0 radical (unpaired) electrons. The lowest BCUT2D eigenvalue weighted by atomic mass is 10.1. The second kappa shape index (κ2) is 7.92. The molecule has 0 amide bonds. The third kappa shape index (κ3) is 4.53. The summed E-state index contributed by atoms with van der Waals surface area (Å²) < 4.78 is 7.09. The number of nitrogens with zero attached hydrogens (tertiary/aromatic N) is 1. The minimum atomic E-state index is 0.514. The molecule has 0 saturated carbocycles. The van der Waals surface area contributed by atoms with Crippen LogP contribution in [0.25, 0.3) is 0 Å².